The molecule has 0 radical (unpaired) electrons. The van der Waals surface area contributed by atoms with E-state index in [-0.39, 0.29) is 5.91 Å². The second-order valence-corrected chi connectivity index (χ2v) is 11.6. The van der Waals surface area contributed by atoms with Gasteiger partial charge >= 0.3 is 0 Å². The minimum absolute atomic E-state index is 0.164. The van der Waals surface area contributed by atoms with Crippen LogP contribution in [0.2, 0.25) is 5.02 Å². The molecule has 4 aliphatic rings. The number of fused-ring (bicyclic) bond motifs is 3. The maximum absolute atomic E-state index is 13.1. The highest BCUT2D eigenvalue weighted by Gasteiger charge is 2.57. The van der Waals surface area contributed by atoms with E-state index in [4.69, 9.17) is 16.7 Å². The lowest BCUT2D eigenvalue weighted by molar-refractivity contribution is -0.136. The number of rotatable bonds is 4. The van der Waals surface area contributed by atoms with Crippen LogP contribution in [0, 0.1) is 5.41 Å². The second-order valence-electron chi connectivity index (χ2n) is 11.2. The molecule has 2 aliphatic heterocycles. The Labute approximate surface area is 215 Å². The van der Waals surface area contributed by atoms with Gasteiger partial charge in [0.2, 0.25) is 11.9 Å². The number of hydrogen-bond donors (Lipinski definition) is 0. The fourth-order valence-corrected chi connectivity index (χ4v) is 6.77. The Balaban J connectivity index is 1.17. The van der Waals surface area contributed by atoms with Crippen LogP contribution >= 0.6 is 11.6 Å². The zero-order valence-electron chi connectivity index (χ0n) is 20.6. The third-order valence-electron chi connectivity index (χ3n) is 8.48. The highest BCUT2D eigenvalue weighted by molar-refractivity contribution is 6.30. The van der Waals surface area contributed by atoms with Crippen LogP contribution in [-0.2, 0) is 17.9 Å². The van der Waals surface area contributed by atoms with Gasteiger partial charge in [0.1, 0.15) is 11.4 Å². The quantitative estimate of drug-likeness (QED) is 0.540. The molecule has 0 atom stereocenters. The molecule has 1 aromatic carbocycles. The van der Waals surface area contributed by atoms with Crippen LogP contribution in [0.4, 0.5) is 5.95 Å². The average Bonchev–Trinajstić information content (AvgIpc) is 3.56. The number of aromatic nitrogens is 5. The van der Waals surface area contributed by atoms with Crippen LogP contribution < -0.4 is 4.90 Å². The molecule has 2 aliphatic carbocycles. The van der Waals surface area contributed by atoms with Gasteiger partial charge in [-0.2, -0.15) is 0 Å². The molecule has 3 fully saturated rings. The molecule has 10 heteroatoms. The molecule has 1 amide bonds. The van der Waals surface area contributed by atoms with E-state index in [1.54, 1.807) is 17.3 Å². The van der Waals surface area contributed by atoms with E-state index in [9.17, 15) is 4.79 Å². The largest absolute Gasteiger partial charge is 0.347 e. The second kappa shape index (κ2) is 7.73. The maximum Gasteiger partial charge on any atom is 0.242 e. The van der Waals surface area contributed by atoms with Gasteiger partial charge in [0.15, 0.2) is 5.82 Å². The van der Waals surface area contributed by atoms with E-state index < -0.39 is 5.54 Å². The summed E-state index contributed by atoms with van der Waals surface area (Å²) in [6.45, 7) is 3.24. The predicted molar refractivity (Wildman–Crippen MR) is 135 cm³/mol. The number of nitrogens with zero attached hydrogens (tertiary/aromatic N) is 8. The molecule has 2 aromatic heterocycles. The molecule has 0 unspecified atom stereocenters. The van der Waals surface area contributed by atoms with Gasteiger partial charge in [-0.3, -0.25) is 14.3 Å². The van der Waals surface area contributed by atoms with Crippen molar-refractivity contribution in [2.45, 2.75) is 50.2 Å². The van der Waals surface area contributed by atoms with Gasteiger partial charge < -0.3 is 9.80 Å². The first-order chi connectivity index (χ1) is 17.4. The zero-order valence-corrected chi connectivity index (χ0v) is 21.3. The predicted octanol–water partition coefficient (Wildman–Crippen LogP) is 3.03. The average molecular weight is 505 g/mol. The van der Waals surface area contributed by atoms with Crippen molar-refractivity contribution < 1.29 is 4.79 Å². The summed E-state index contributed by atoms with van der Waals surface area (Å²) in [7, 11) is 3.67. The first kappa shape index (κ1) is 22.2. The van der Waals surface area contributed by atoms with Crippen molar-refractivity contribution >= 4 is 23.5 Å². The summed E-state index contributed by atoms with van der Waals surface area (Å²) >= 11 is 6.44. The van der Waals surface area contributed by atoms with Crippen molar-refractivity contribution in [2.75, 3.05) is 32.1 Å². The van der Waals surface area contributed by atoms with Gasteiger partial charge in [0, 0.05) is 62.5 Å². The molecule has 186 valence electrons. The van der Waals surface area contributed by atoms with Crippen LogP contribution in [0.3, 0.4) is 0 Å². The number of halogens is 1. The highest BCUT2D eigenvalue weighted by Crippen LogP contribution is 2.56. The van der Waals surface area contributed by atoms with Crippen LogP contribution in [-0.4, -0.2) is 73.2 Å². The number of benzene rings is 1. The number of carbonyl (C=O) groups is 1. The standard InChI is InChI=1S/C26H29ClN8O/c1-32(2)23(36)26(6-7-26)34-13-17-10-19(27)4-5-20(17)35-21(14-34)30-31-22(35)18-11-25(12-18)15-33(16-25)24-28-8-3-9-29-24/h3-5,8-10,18H,6-7,11-16H2,1-2H3. The fraction of sp³-hybridized carbons (Fsp3) is 0.500. The van der Waals surface area contributed by atoms with E-state index in [0.717, 1.165) is 67.6 Å². The van der Waals surface area contributed by atoms with Gasteiger partial charge in [-0.25, -0.2) is 9.97 Å². The smallest absolute Gasteiger partial charge is 0.242 e. The summed E-state index contributed by atoms with van der Waals surface area (Å²) in [5, 5.41) is 10.1. The van der Waals surface area contributed by atoms with Crippen molar-refractivity contribution in [2.24, 2.45) is 5.41 Å². The van der Waals surface area contributed by atoms with Crippen molar-refractivity contribution in [3.05, 3.63) is 58.9 Å². The summed E-state index contributed by atoms with van der Waals surface area (Å²) in [5.41, 5.74) is 2.05. The highest BCUT2D eigenvalue weighted by atomic mass is 35.5. The Morgan fingerprint density at radius 1 is 1.08 bits per heavy atom. The molecular formula is C26H29ClN8O. The molecule has 7 rings (SSSR count). The van der Waals surface area contributed by atoms with Crippen molar-refractivity contribution in [1.29, 1.82) is 0 Å². The molecule has 36 heavy (non-hydrogen) atoms. The zero-order chi connectivity index (χ0) is 24.7. The first-order valence-electron chi connectivity index (χ1n) is 12.6. The van der Waals surface area contributed by atoms with Crippen molar-refractivity contribution in [3.63, 3.8) is 0 Å². The molecule has 0 bridgehead atoms. The summed E-state index contributed by atoms with van der Waals surface area (Å²) in [5.74, 6) is 3.27. The fourth-order valence-electron chi connectivity index (χ4n) is 6.58. The molecule has 1 saturated heterocycles. The topological polar surface area (TPSA) is 83.3 Å². The van der Waals surface area contributed by atoms with Gasteiger partial charge in [0.25, 0.3) is 0 Å². The van der Waals surface area contributed by atoms with Crippen LogP contribution in [0.1, 0.15) is 48.8 Å². The third kappa shape index (κ3) is 3.29. The lowest BCUT2D eigenvalue weighted by Gasteiger charge is -2.58. The molecule has 2 saturated carbocycles. The van der Waals surface area contributed by atoms with Crippen molar-refractivity contribution in [1.82, 2.24) is 34.5 Å². The van der Waals surface area contributed by atoms with Gasteiger partial charge in [-0.1, -0.05) is 11.6 Å². The molecule has 0 N–H and O–H groups in total. The van der Waals surface area contributed by atoms with Gasteiger partial charge in [0.05, 0.1) is 12.2 Å². The van der Waals surface area contributed by atoms with E-state index in [1.807, 2.05) is 32.3 Å². The maximum atomic E-state index is 13.1. The molecule has 9 nitrogen and oxygen atoms in total. The van der Waals surface area contributed by atoms with Gasteiger partial charge in [-0.05, 0) is 55.5 Å². The molecule has 4 heterocycles. The Bertz CT molecular complexity index is 1340. The molecular weight excluding hydrogens is 476 g/mol. The van der Waals surface area contributed by atoms with Crippen LogP contribution in [0.15, 0.2) is 36.7 Å². The summed E-state index contributed by atoms with van der Waals surface area (Å²) in [6, 6.07) is 7.90. The number of likely N-dealkylation sites (N-methyl/N-ethyl adjacent to an activating group) is 1. The third-order valence-corrected chi connectivity index (χ3v) is 8.71. The van der Waals surface area contributed by atoms with Crippen LogP contribution in [0.25, 0.3) is 5.69 Å². The summed E-state index contributed by atoms with van der Waals surface area (Å²) < 4.78 is 2.25. The summed E-state index contributed by atoms with van der Waals surface area (Å²) in [6.07, 6.45) is 7.51. The first-order valence-corrected chi connectivity index (χ1v) is 13.0. The Hall–Kier alpha value is -3.04. The SMILES string of the molecule is CN(C)C(=O)C1(N2Cc3cc(Cl)ccc3-n3c(nnc3C3CC4(C3)CN(c3ncccn3)C4)C2)CC1. The van der Waals surface area contributed by atoms with E-state index in [2.05, 4.69) is 35.5 Å². The minimum atomic E-state index is -0.459. The minimum Gasteiger partial charge on any atom is -0.347 e. The number of hydrogen-bond acceptors (Lipinski definition) is 7. The van der Waals surface area contributed by atoms with E-state index >= 15 is 0 Å². The lowest BCUT2D eigenvalue weighted by atomic mass is 9.57. The van der Waals surface area contributed by atoms with E-state index in [1.165, 1.54) is 0 Å². The Kier molecular flexibility index (Phi) is 4.76. The summed E-state index contributed by atoms with van der Waals surface area (Å²) in [4.78, 5) is 28.2. The number of carbonyl (C=O) groups excluding carboxylic acids is 1. The number of anilines is 1. The molecule has 1 spiro atoms. The van der Waals surface area contributed by atoms with Crippen molar-refractivity contribution in [3.8, 4) is 5.69 Å². The number of amides is 1. The van der Waals surface area contributed by atoms with Gasteiger partial charge in [-0.15, -0.1) is 10.2 Å². The Morgan fingerprint density at radius 3 is 2.53 bits per heavy atom. The van der Waals surface area contributed by atoms with Crippen LogP contribution in [0.5, 0.6) is 0 Å². The van der Waals surface area contributed by atoms with E-state index in [0.29, 0.717) is 29.4 Å². The monoisotopic (exact) mass is 504 g/mol. The normalized spacial score (nSPS) is 21.7. The molecule has 3 aromatic rings. The Morgan fingerprint density at radius 2 is 1.83 bits per heavy atom. The lowest BCUT2D eigenvalue weighted by Crippen LogP contribution is -2.62.